The van der Waals surface area contributed by atoms with E-state index in [0.29, 0.717) is 28.5 Å². The molecule has 0 saturated carbocycles. The number of rotatable bonds is 5. The van der Waals surface area contributed by atoms with Crippen LogP contribution in [0.5, 0.6) is 17.2 Å². The Balaban J connectivity index is 2.31. The number of halogens is 1. The highest BCUT2D eigenvalue weighted by atomic mass is 127. The minimum absolute atomic E-state index is 0.197. The zero-order chi connectivity index (χ0) is 17.0. The lowest BCUT2D eigenvalue weighted by atomic mass is 10.1. The molecule has 1 amide bonds. The molecule has 0 unspecified atom stereocenters. The lowest BCUT2D eigenvalue weighted by Crippen LogP contribution is -2.12. The summed E-state index contributed by atoms with van der Waals surface area (Å²) in [5.41, 5.74) is 2.30. The quantitative estimate of drug-likeness (QED) is 0.737. The van der Waals surface area contributed by atoms with Gasteiger partial charge in [0.1, 0.15) is 0 Å². The fraction of sp³-hybridized carbons (Fsp3) is 0.235. The van der Waals surface area contributed by atoms with Gasteiger partial charge in [-0.05, 0) is 47.2 Å². The molecule has 0 atom stereocenters. The number of carbonyl (C=O) groups excluding carboxylic acids is 1. The minimum atomic E-state index is -0.197. The van der Waals surface area contributed by atoms with E-state index in [-0.39, 0.29) is 5.91 Å². The molecule has 23 heavy (non-hydrogen) atoms. The topological polar surface area (TPSA) is 56.8 Å². The molecular weight excluding hydrogens is 409 g/mol. The molecule has 1 N–H and O–H groups in total. The highest BCUT2D eigenvalue weighted by Gasteiger charge is 2.15. The highest BCUT2D eigenvalue weighted by molar-refractivity contribution is 14.1. The summed E-state index contributed by atoms with van der Waals surface area (Å²) in [6, 6.07) is 8.96. The molecule has 0 aliphatic heterocycles. The number of ether oxygens (including phenoxy) is 3. The van der Waals surface area contributed by atoms with Gasteiger partial charge in [-0.3, -0.25) is 4.79 Å². The molecule has 2 aromatic carbocycles. The number of amides is 1. The molecule has 0 saturated heterocycles. The van der Waals surface area contributed by atoms with Crippen molar-refractivity contribution in [2.24, 2.45) is 0 Å². The SMILES string of the molecule is COc1cc(NC(=O)c2ccc(C)c(I)c2)cc(OC)c1OC. The third kappa shape index (κ3) is 3.87. The second-order valence-electron chi connectivity index (χ2n) is 4.83. The standard InChI is InChI=1S/C17H18INO4/c1-10-5-6-11(7-13(10)18)17(20)19-12-8-14(21-2)16(23-4)15(9-12)22-3/h5-9H,1-4H3,(H,19,20). The molecule has 0 fully saturated rings. The molecule has 0 radical (unpaired) electrons. The first-order chi connectivity index (χ1) is 11.0. The average Bonchev–Trinajstić information content (AvgIpc) is 2.56. The van der Waals surface area contributed by atoms with Crippen LogP contribution in [-0.2, 0) is 0 Å². The van der Waals surface area contributed by atoms with Crippen molar-refractivity contribution in [3.8, 4) is 17.2 Å². The highest BCUT2D eigenvalue weighted by Crippen LogP contribution is 2.40. The number of carbonyl (C=O) groups is 1. The predicted octanol–water partition coefficient (Wildman–Crippen LogP) is 3.88. The molecule has 0 aromatic heterocycles. The maximum Gasteiger partial charge on any atom is 0.255 e. The van der Waals surface area contributed by atoms with Gasteiger partial charge in [-0.25, -0.2) is 0 Å². The summed E-state index contributed by atoms with van der Waals surface area (Å²) in [6.45, 7) is 2.00. The van der Waals surface area contributed by atoms with Crippen LogP contribution in [0.4, 0.5) is 5.69 Å². The molecular formula is C17H18INO4. The fourth-order valence-corrected chi connectivity index (χ4v) is 2.61. The smallest absolute Gasteiger partial charge is 0.255 e. The second-order valence-corrected chi connectivity index (χ2v) is 5.99. The van der Waals surface area contributed by atoms with Crippen LogP contribution < -0.4 is 19.5 Å². The Morgan fingerprint density at radius 1 is 1.00 bits per heavy atom. The van der Waals surface area contributed by atoms with E-state index in [0.717, 1.165) is 9.13 Å². The normalized spacial score (nSPS) is 10.1. The molecule has 0 aliphatic carbocycles. The van der Waals surface area contributed by atoms with E-state index in [4.69, 9.17) is 14.2 Å². The third-order valence-corrected chi connectivity index (χ3v) is 4.52. The van der Waals surface area contributed by atoms with Gasteiger partial charge in [0, 0.05) is 27.0 Å². The first kappa shape index (κ1) is 17.4. The Kier molecular flexibility index (Phi) is 5.70. The van der Waals surface area contributed by atoms with Crippen LogP contribution in [0.3, 0.4) is 0 Å². The van der Waals surface area contributed by atoms with Crippen molar-refractivity contribution >= 4 is 34.2 Å². The average molecular weight is 427 g/mol. The molecule has 122 valence electrons. The summed E-state index contributed by atoms with van der Waals surface area (Å²) in [5, 5.41) is 2.85. The summed E-state index contributed by atoms with van der Waals surface area (Å²) >= 11 is 2.21. The zero-order valence-electron chi connectivity index (χ0n) is 13.4. The summed E-state index contributed by atoms with van der Waals surface area (Å²) in [7, 11) is 4.60. The zero-order valence-corrected chi connectivity index (χ0v) is 15.6. The van der Waals surface area contributed by atoms with Crippen molar-refractivity contribution in [3.63, 3.8) is 0 Å². The van der Waals surface area contributed by atoms with Crippen LogP contribution in [0, 0.1) is 10.5 Å². The molecule has 0 spiro atoms. The fourth-order valence-electron chi connectivity index (χ4n) is 2.09. The molecule has 0 aliphatic rings. The molecule has 2 aromatic rings. The number of anilines is 1. The van der Waals surface area contributed by atoms with Crippen LogP contribution in [0.2, 0.25) is 0 Å². The monoisotopic (exact) mass is 427 g/mol. The van der Waals surface area contributed by atoms with Gasteiger partial charge >= 0.3 is 0 Å². The Morgan fingerprint density at radius 3 is 2.09 bits per heavy atom. The number of hydrogen-bond acceptors (Lipinski definition) is 4. The lowest BCUT2D eigenvalue weighted by molar-refractivity contribution is 0.102. The largest absolute Gasteiger partial charge is 0.493 e. The van der Waals surface area contributed by atoms with Crippen LogP contribution in [0.15, 0.2) is 30.3 Å². The molecule has 6 heteroatoms. The number of methoxy groups -OCH3 is 3. The van der Waals surface area contributed by atoms with E-state index in [2.05, 4.69) is 27.9 Å². The number of nitrogens with one attached hydrogen (secondary N) is 1. The van der Waals surface area contributed by atoms with E-state index in [1.54, 1.807) is 18.2 Å². The Morgan fingerprint density at radius 2 is 1.61 bits per heavy atom. The van der Waals surface area contributed by atoms with Gasteiger partial charge < -0.3 is 19.5 Å². The van der Waals surface area contributed by atoms with Gasteiger partial charge in [-0.1, -0.05) is 6.07 Å². The van der Waals surface area contributed by atoms with Crippen molar-refractivity contribution in [1.29, 1.82) is 0 Å². The van der Waals surface area contributed by atoms with Crippen molar-refractivity contribution in [3.05, 3.63) is 45.0 Å². The Bertz CT molecular complexity index is 706. The summed E-state index contributed by atoms with van der Waals surface area (Å²) in [4.78, 5) is 12.4. The number of hydrogen-bond donors (Lipinski definition) is 1. The van der Waals surface area contributed by atoms with Crippen LogP contribution in [-0.4, -0.2) is 27.2 Å². The van der Waals surface area contributed by atoms with Gasteiger partial charge in [0.2, 0.25) is 5.75 Å². The van der Waals surface area contributed by atoms with Crippen LogP contribution in [0.1, 0.15) is 15.9 Å². The van der Waals surface area contributed by atoms with E-state index < -0.39 is 0 Å². The first-order valence-corrected chi connectivity index (χ1v) is 7.95. The minimum Gasteiger partial charge on any atom is -0.493 e. The van der Waals surface area contributed by atoms with E-state index >= 15 is 0 Å². The Labute approximate surface area is 149 Å². The van der Waals surface area contributed by atoms with Crippen LogP contribution >= 0.6 is 22.6 Å². The van der Waals surface area contributed by atoms with Gasteiger partial charge in [-0.2, -0.15) is 0 Å². The summed E-state index contributed by atoms with van der Waals surface area (Å²) < 4.78 is 16.9. The van der Waals surface area contributed by atoms with Crippen LogP contribution in [0.25, 0.3) is 0 Å². The van der Waals surface area contributed by atoms with Gasteiger partial charge in [0.05, 0.1) is 21.3 Å². The lowest BCUT2D eigenvalue weighted by Gasteiger charge is -2.14. The second kappa shape index (κ2) is 7.54. The number of benzene rings is 2. The van der Waals surface area contributed by atoms with Crippen molar-refractivity contribution in [1.82, 2.24) is 0 Å². The summed E-state index contributed by atoms with van der Waals surface area (Å²) in [6.07, 6.45) is 0. The van der Waals surface area contributed by atoms with Gasteiger partial charge in [-0.15, -0.1) is 0 Å². The maximum absolute atomic E-state index is 12.4. The molecule has 5 nitrogen and oxygen atoms in total. The van der Waals surface area contributed by atoms with E-state index in [1.807, 2.05) is 19.1 Å². The molecule has 2 rings (SSSR count). The van der Waals surface area contributed by atoms with Gasteiger partial charge in [0.15, 0.2) is 11.5 Å². The third-order valence-electron chi connectivity index (χ3n) is 3.36. The molecule has 0 bridgehead atoms. The Hall–Kier alpha value is -1.96. The van der Waals surface area contributed by atoms with Gasteiger partial charge in [0.25, 0.3) is 5.91 Å². The van der Waals surface area contributed by atoms with E-state index in [1.165, 1.54) is 21.3 Å². The summed E-state index contributed by atoms with van der Waals surface area (Å²) in [5.74, 6) is 1.26. The number of aryl methyl sites for hydroxylation is 1. The first-order valence-electron chi connectivity index (χ1n) is 6.87. The maximum atomic E-state index is 12.4. The van der Waals surface area contributed by atoms with Crippen molar-refractivity contribution in [2.75, 3.05) is 26.6 Å². The van der Waals surface area contributed by atoms with Crippen molar-refractivity contribution in [2.45, 2.75) is 6.92 Å². The predicted molar refractivity (Wildman–Crippen MR) is 97.9 cm³/mol. The van der Waals surface area contributed by atoms with Crippen molar-refractivity contribution < 1.29 is 19.0 Å². The molecule has 0 heterocycles. The van der Waals surface area contributed by atoms with E-state index in [9.17, 15) is 4.79 Å².